The molecule has 1 aromatic carbocycles. The molecule has 0 unspecified atom stereocenters. The SMILES string of the molecule is COc1cccc(OC)c1/C=C/CCCl. The first-order valence-corrected chi connectivity index (χ1v) is 5.30. The van der Waals surface area contributed by atoms with Crippen LogP contribution in [-0.2, 0) is 0 Å². The Kier molecular flexibility index (Phi) is 5.05. The highest BCUT2D eigenvalue weighted by atomic mass is 35.5. The molecule has 82 valence electrons. The van der Waals surface area contributed by atoms with Crippen molar-refractivity contribution >= 4 is 17.7 Å². The molecule has 0 aliphatic carbocycles. The number of hydrogen-bond acceptors (Lipinski definition) is 2. The summed E-state index contributed by atoms with van der Waals surface area (Å²) in [5, 5.41) is 0. The molecular formula is C12H15ClO2. The van der Waals surface area contributed by atoms with Gasteiger partial charge in [0, 0.05) is 5.88 Å². The summed E-state index contributed by atoms with van der Waals surface area (Å²) in [7, 11) is 3.29. The van der Waals surface area contributed by atoms with Crippen LogP contribution in [0.5, 0.6) is 11.5 Å². The molecule has 3 heteroatoms. The predicted octanol–water partition coefficient (Wildman–Crippen LogP) is 3.35. The van der Waals surface area contributed by atoms with E-state index in [0.717, 1.165) is 23.5 Å². The van der Waals surface area contributed by atoms with Crippen molar-refractivity contribution in [2.75, 3.05) is 20.1 Å². The molecule has 0 radical (unpaired) electrons. The highest BCUT2D eigenvalue weighted by Crippen LogP contribution is 2.29. The fourth-order valence-electron chi connectivity index (χ4n) is 1.31. The Bertz CT molecular complexity index is 312. The van der Waals surface area contributed by atoms with Crippen LogP contribution in [-0.4, -0.2) is 20.1 Å². The highest BCUT2D eigenvalue weighted by Gasteiger charge is 2.05. The number of benzene rings is 1. The van der Waals surface area contributed by atoms with Crippen molar-refractivity contribution in [1.29, 1.82) is 0 Å². The van der Waals surface area contributed by atoms with E-state index in [1.807, 2.05) is 30.4 Å². The van der Waals surface area contributed by atoms with Gasteiger partial charge in [-0.2, -0.15) is 0 Å². The minimum absolute atomic E-state index is 0.619. The first-order valence-electron chi connectivity index (χ1n) is 4.77. The third-order valence-electron chi connectivity index (χ3n) is 2.03. The Balaban J connectivity index is 2.99. The van der Waals surface area contributed by atoms with Gasteiger partial charge in [0.05, 0.1) is 19.8 Å². The monoisotopic (exact) mass is 226 g/mol. The number of hydrogen-bond donors (Lipinski definition) is 0. The van der Waals surface area contributed by atoms with Crippen molar-refractivity contribution in [2.45, 2.75) is 6.42 Å². The minimum atomic E-state index is 0.619. The van der Waals surface area contributed by atoms with E-state index in [2.05, 4.69) is 0 Å². The van der Waals surface area contributed by atoms with Crippen molar-refractivity contribution in [1.82, 2.24) is 0 Å². The number of ether oxygens (including phenoxy) is 2. The third-order valence-corrected chi connectivity index (χ3v) is 2.24. The van der Waals surface area contributed by atoms with Gasteiger partial charge in [-0.05, 0) is 18.6 Å². The largest absolute Gasteiger partial charge is 0.496 e. The van der Waals surface area contributed by atoms with Crippen LogP contribution < -0.4 is 9.47 Å². The fraction of sp³-hybridized carbons (Fsp3) is 0.333. The van der Waals surface area contributed by atoms with E-state index in [0.29, 0.717) is 5.88 Å². The molecular weight excluding hydrogens is 212 g/mol. The van der Waals surface area contributed by atoms with E-state index in [1.54, 1.807) is 14.2 Å². The highest BCUT2D eigenvalue weighted by molar-refractivity contribution is 6.17. The van der Waals surface area contributed by atoms with E-state index in [9.17, 15) is 0 Å². The molecule has 0 heterocycles. The lowest BCUT2D eigenvalue weighted by Gasteiger charge is -2.09. The van der Waals surface area contributed by atoms with Gasteiger partial charge in [0.25, 0.3) is 0 Å². The zero-order valence-electron chi connectivity index (χ0n) is 9.00. The van der Waals surface area contributed by atoms with Crippen LogP contribution in [0.4, 0.5) is 0 Å². The molecule has 0 N–H and O–H groups in total. The molecule has 0 bridgehead atoms. The predicted molar refractivity (Wildman–Crippen MR) is 63.9 cm³/mol. The Morgan fingerprint density at radius 2 is 1.80 bits per heavy atom. The average molecular weight is 227 g/mol. The smallest absolute Gasteiger partial charge is 0.129 e. The summed E-state index contributed by atoms with van der Waals surface area (Å²) in [5.41, 5.74) is 0.951. The maximum atomic E-state index is 5.60. The number of methoxy groups -OCH3 is 2. The second kappa shape index (κ2) is 6.36. The van der Waals surface area contributed by atoms with Gasteiger partial charge in [-0.25, -0.2) is 0 Å². The molecule has 0 aliphatic heterocycles. The lowest BCUT2D eigenvalue weighted by molar-refractivity contribution is 0.392. The summed E-state index contributed by atoms with van der Waals surface area (Å²) < 4.78 is 10.5. The lowest BCUT2D eigenvalue weighted by atomic mass is 10.1. The quantitative estimate of drug-likeness (QED) is 0.717. The number of allylic oxidation sites excluding steroid dienone is 1. The van der Waals surface area contributed by atoms with Crippen molar-refractivity contribution in [3.05, 3.63) is 29.8 Å². The molecule has 0 saturated heterocycles. The van der Waals surface area contributed by atoms with Gasteiger partial charge in [0.1, 0.15) is 11.5 Å². The van der Waals surface area contributed by atoms with Crippen molar-refractivity contribution in [3.63, 3.8) is 0 Å². The summed E-state index contributed by atoms with van der Waals surface area (Å²) in [4.78, 5) is 0. The van der Waals surface area contributed by atoms with Crippen LogP contribution in [0, 0.1) is 0 Å². The Hall–Kier alpha value is -1.15. The zero-order valence-corrected chi connectivity index (χ0v) is 9.75. The summed E-state index contributed by atoms with van der Waals surface area (Å²) in [6.07, 6.45) is 4.82. The van der Waals surface area contributed by atoms with Gasteiger partial charge in [0.15, 0.2) is 0 Å². The number of halogens is 1. The molecule has 0 aliphatic rings. The average Bonchev–Trinajstić information content (AvgIpc) is 2.29. The van der Waals surface area contributed by atoms with E-state index < -0.39 is 0 Å². The maximum absolute atomic E-state index is 5.60. The fourth-order valence-corrected chi connectivity index (χ4v) is 1.43. The van der Waals surface area contributed by atoms with Gasteiger partial charge in [-0.15, -0.1) is 11.6 Å². The van der Waals surface area contributed by atoms with Crippen molar-refractivity contribution < 1.29 is 9.47 Å². The van der Waals surface area contributed by atoms with E-state index in [4.69, 9.17) is 21.1 Å². The molecule has 0 saturated carbocycles. The molecule has 15 heavy (non-hydrogen) atoms. The maximum Gasteiger partial charge on any atom is 0.129 e. The van der Waals surface area contributed by atoms with Crippen LogP contribution in [0.25, 0.3) is 6.08 Å². The number of alkyl halides is 1. The Morgan fingerprint density at radius 3 is 2.27 bits per heavy atom. The van der Waals surface area contributed by atoms with E-state index >= 15 is 0 Å². The van der Waals surface area contributed by atoms with Crippen molar-refractivity contribution in [2.24, 2.45) is 0 Å². The molecule has 0 fully saturated rings. The number of rotatable bonds is 5. The van der Waals surface area contributed by atoms with Gasteiger partial charge in [-0.3, -0.25) is 0 Å². The van der Waals surface area contributed by atoms with Crippen LogP contribution in [0.2, 0.25) is 0 Å². The topological polar surface area (TPSA) is 18.5 Å². The van der Waals surface area contributed by atoms with Gasteiger partial charge < -0.3 is 9.47 Å². The van der Waals surface area contributed by atoms with Crippen LogP contribution in [0.1, 0.15) is 12.0 Å². The summed E-state index contributed by atoms with van der Waals surface area (Å²) in [5.74, 6) is 2.23. The zero-order chi connectivity index (χ0) is 11.1. The molecule has 1 aromatic rings. The summed E-state index contributed by atoms with van der Waals surface area (Å²) >= 11 is 5.60. The third kappa shape index (κ3) is 3.17. The van der Waals surface area contributed by atoms with Gasteiger partial charge in [0.2, 0.25) is 0 Å². The van der Waals surface area contributed by atoms with Crippen molar-refractivity contribution in [3.8, 4) is 11.5 Å². The van der Waals surface area contributed by atoms with Gasteiger partial charge in [-0.1, -0.05) is 18.2 Å². The summed E-state index contributed by atoms with van der Waals surface area (Å²) in [6.45, 7) is 0. The molecule has 0 spiro atoms. The normalized spacial score (nSPS) is 10.6. The van der Waals surface area contributed by atoms with Gasteiger partial charge >= 0.3 is 0 Å². The first-order chi connectivity index (χ1) is 7.33. The molecule has 1 rings (SSSR count). The molecule has 2 nitrogen and oxygen atoms in total. The van der Waals surface area contributed by atoms with Crippen LogP contribution in [0.15, 0.2) is 24.3 Å². The van der Waals surface area contributed by atoms with Crippen LogP contribution >= 0.6 is 11.6 Å². The van der Waals surface area contributed by atoms with Crippen LogP contribution in [0.3, 0.4) is 0 Å². The Labute approximate surface area is 95.5 Å². The minimum Gasteiger partial charge on any atom is -0.496 e. The Morgan fingerprint density at radius 1 is 1.20 bits per heavy atom. The molecule has 0 amide bonds. The summed E-state index contributed by atoms with van der Waals surface area (Å²) in [6, 6.07) is 5.71. The standard InChI is InChI=1S/C12H15ClO2/c1-14-11-7-5-8-12(15-2)10(11)6-3-4-9-13/h3,5-8H,4,9H2,1-2H3/b6-3+. The lowest BCUT2D eigenvalue weighted by Crippen LogP contribution is -1.91. The first kappa shape index (κ1) is 11.9. The van der Waals surface area contributed by atoms with E-state index in [1.165, 1.54) is 0 Å². The second-order valence-corrected chi connectivity index (χ2v) is 3.33. The molecule has 0 aromatic heterocycles. The second-order valence-electron chi connectivity index (χ2n) is 2.96. The molecule has 0 atom stereocenters. The van der Waals surface area contributed by atoms with E-state index in [-0.39, 0.29) is 0 Å².